The summed E-state index contributed by atoms with van der Waals surface area (Å²) in [4.78, 5) is 21.1. The fourth-order valence-electron chi connectivity index (χ4n) is 7.41. The molecule has 336 valence electrons. The third-order valence-corrected chi connectivity index (χ3v) is 12.7. The first kappa shape index (κ1) is 55.5. The molecule has 0 bridgehead atoms. The van der Waals surface area contributed by atoms with Crippen molar-refractivity contribution in [3.63, 3.8) is 0 Å². The van der Waals surface area contributed by atoms with E-state index in [4.69, 9.17) is 29.4 Å². The van der Waals surface area contributed by atoms with Crippen LogP contribution in [0.1, 0.15) is 198 Å². The fourth-order valence-corrected chi connectivity index (χ4v) is 8.19. The monoisotopic (exact) mass is 820 g/mol. The molecule has 0 saturated heterocycles. The molecular weight excluding hydrogens is 725 g/mol. The highest BCUT2D eigenvalue weighted by Gasteiger charge is 2.27. The fraction of sp³-hybridized carbons (Fsp3) is 0.978. The average Bonchev–Trinajstić information content (AvgIpc) is 3.10. The van der Waals surface area contributed by atoms with Crippen LogP contribution in [0.5, 0.6) is 0 Å². The second-order valence-electron chi connectivity index (χ2n) is 19.2. The Morgan fingerprint density at radius 3 is 1.18 bits per heavy atom. The first-order valence-corrected chi connectivity index (χ1v) is 24.7. The van der Waals surface area contributed by atoms with Crippen molar-refractivity contribution in [2.24, 2.45) is 53.1 Å². The Kier molecular flexibility index (Phi) is 33.9. The summed E-state index contributed by atoms with van der Waals surface area (Å²) in [7, 11) is -4.51. The highest BCUT2D eigenvalue weighted by molar-refractivity contribution is 7.47. The van der Waals surface area contributed by atoms with E-state index >= 15 is 0 Å². The van der Waals surface area contributed by atoms with Gasteiger partial charge in [0.25, 0.3) is 0 Å². The van der Waals surface area contributed by atoms with Crippen molar-refractivity contribution >= 4 is 13.8 Å². The van der Waals surface area contributed by atoms with Crippen molar-refractivity contribution in [2.75, 3.05) is 33.0 Å². The lowest BCUT2D eigenvalue weighted by atomic mass is 9.91. The molecule has 0 aromatic heterocycles. The van der Waals surface area contributed by atoms with Crippen molar-refractivity contribution in [3.05, 3.63) is 0 Å². The highest BCUT2D eigenvalue weighted by atomic mass is 31.2. The summed E-state index contributed by atoms with van der Waals surface area (Å²) >= 11 is 0. The Bertz CT molecular complexity index is 967. The number of hydrogen-bond donors (Lipinski definition) is 3. The van der Waals surface area contributed by atoms with Gasteiger partial charge in [-0.15, -0.1) is 0 Å². The van der Waals surface area contributed by atoms with Crippen LogP contribution < -0.4 is 5.73 Å². The molecule has 0 aromatic carbocycles. The van der Waals surface area contributed by atoms with Gasteiger partial charge in [0.2, 0.25) is 0 Å². The molecule has 4 N–H and O–H groups in total. The minimum Gasteiger partial charge on any atom is -0.480 e. The van der Waals surface area contributed by atoms with Gasteiger partial charge in [-0.25, -0.2) is 4.57 Å². The first-order valence-electron chi connectivity index (χ1n) is 23.2. The van der Waals surface area contributed by atoms with Crippen LogP contribution in [0.2, 0.25) is 0 Å². The zero-order chi connectivity index (χ0) is 42.4. The number of phosphoric acid groups is 1. The number of carboxylic acids is 1. The molecule has 0 amide bonds. The van der Waals surface area contributed by atoms with E-state index in [0.29, 0.717) is 25.0 Å². The normalized spacial score (nSPS) is 17.7. The van der Waals surface area contributed by atoms with Crippen molar-refractivity contribution < 1.29 is 37.9 Å². The Balaban J connectivity index is 4.56. The van der Waals surface area contributed by atoms with Gasteiger partial charge in [-0.3, -0.25) is 13.8 Å². The molecule has 56 heavy (non-hydrogen) atoms. The lowest BCUT2D eigenvalue weighted by Gasteiger charge is -2.22. The van der Waals surface area contributed by atoms with Gasteiger partial charge in [-0.1, -0.05) is 185 Å². The van der Waals surface area contributed by atoms with Crippen LogP contribution in [-0.4, -0.2) is 61.1 Å². The zero-order valence-corrected chi connectivity index (χ0v) is 39.2. The van der Waals surface area contributed by atoms with Gasteiger partial charge in [0, 0.05) is 13.2 Å². The van der Waals surface area contributed by atoms with Gasteiger partial charge in [0.05, 0.1) is 19.8 Å². The summed E-state index contributed by atoms with van der Waals surface area (Å²) in [5.41, 5.74) is 5.42. The predicted molar refractivity (Wildman–Crippen MR) is 235 cm³/mol. The maximum absolute atomic E-state index is 12.4. The van der Waals surface area contributed by atoms with Gasteiger partial charge in [0.1, 0.15) is 12.1 Å². The predicted octanol–water partition coefficient (Wildman–Crippen LogP) is 12.9. The number of carboxylic acid groups (broad SMARTS) is 1. The molecule has 0 saturated carbocycles. The van der Waals surface area contributed by atoms with E-state index in [1.165, 1.54) is 109 Å². The van der Waals surface area contributed by atoms with Gasteiger partial charge < -0.3 is 25.2 Å². The molecule has 10 heteroatoms. The van der Waals surface area contributed by atoms with Gasteiger partial charge >= 0.3 is 13.8 Å². The van der Waals surface area contributed by atoms with E-state index < -0.39 is 32.5 Å². The second kappa shape index (κ2) is 34.2. The molecule has 9 atom stereocenters. The summed E-state index contributed by atoms with van der Waals surface area (Å²) in [5, 5.41) is 8.97. The smallest absolute Gasteiger partial charge is 0.472 e. The molecule has 0 heterocycles. The summed E-state index contributed by atoms with van der Waals surface area (Å²) < 4.78 is 34.6. The van der Waals surface area contributed by atoms with Crippen LogP contribution >= 0.6 is 7.82 Å². The first-order chi connectivity index (χ1) is 26.4. The lowest BCUT2D eigenvalue weighted by molar-refractivity contribution is -0.139. The average molecular weight is 820 g/mol. The Morgan fingerprint density at radius 1 is 0.500 bits per heavy atom. The van der Waals surface area contributed by atoms with E-state index in [1.807, 2.05) is 0 Å². The molecule has 0 aliphatic carbocycles. The summed E-state index contributed by atoms with van der Waals surface area (Å²) in [6.07, 6.45) is 24.7. The van der Waals surface area contributed by atoms with Crippen molar-refractivity contribution in [1.29, 1.82) is 0 Å². The summed E-state index contributed by atoms with van der Waals surface area (Å²) in [6.45, 7) is 23.9. The van der Waals surface area contributed by atoms with Gasteiger partial charge in [0.15, 0.2) is 0 Å². The molecule has 0 aliphatic rings. The molecular formula is C46H94NO8P. The Labute approximate surface area is 346 Å². The number of ether oxygens (including phenoxy) is 2. The molecule has 0 rings (SSSR count). The summed E-state index contributed by atoms with van der Waals surface area (Å²) in [6, 6.07) is -1.42. The molecule has 0 spiro atoms. The number of carbonyl (C=O) groups is 1. The molecule has 1 unspecified atom stereocenters. The Morgan fingerprint density at radius 2 is 0.821 bits per heavy atom. The maximum Gasteiger partial charge on any atom is 0.472 e. The van der Waals surface area contributed by atoms with E-state index in [2.05, 4.69) is 69.2 Å². The highest BCUT2D eigenvalue weighted by Crippen LogP contribution is 2.43. The second-order valence-corrected chi connectivity index (χ2v) is 20.6. The van der Waals surface area contributed by atoms with Crippen molar-refractivity contribution in [1.82, 2.24) is 0 Å². The van der Waals surface area contributed by atoms with Crippen molar-refractivity contribution in [3.8, 4) is 0 Å². The summed E-state index contributed by atoms with van der Waals surface area (Å²) in [5.74, 6) is 4.54. The van der Waals surface area contributed by atoms with Crippen LogP contribution in [0.15, 0.2) is 0 Å². The van der Waals surface area contributed by atoms with E-state index in [-0.39, 0.29) is 13.2 Å². The molecule has 0 radical (unpaired) electrons. The van der Waals surface area contributed by atoms with Crippen molar-refractivity contribution in [2.45, 2.75) is 210 Å². The molecule has 9 nitrogen and oxygen atoms in total. The number of rotatable bonds is 40. The molecule has 0 aliphatic heterocycles. The van der Waals surface area contributed by atoms with Crippen LogP contribution in [0.3, 0.4) is 0 Å². The lowest BCUT2D eigenvalue weighted by Crippen LogP contribution is -2.34. The topological polar surface area (TPSA) is 138 Å². The number of aliphatic carboxylic acids is 1. The third-order valence-electron chi connectivity index (χ3n) is 11.7. The van der Waals surface area contributed by atoms with Crippen LogP contribution in [0, 0.1) is 47.3 Å². The number of phosphoric ester groups is 1. The SMILES string of the molecule is CC(C)CCC[C@@H](C)CCC[C@@H](C)CCC[C@@H](C)CCOC[C@H](COP(=O)(O)OC[C@@H](N)C(=O)O)OCC[C@H](C)CCC[C@H](C)CCC[C@H](C)CCCC(C)C. The van der Waals surface area contributed by atoms with Crippen LogP contribution in [0.25, 0.3) is 0 Å². The van der Waals surface area contributed by atoms with Gasteiger partial charge in [-0.05, 0) is 60.2 Å². The Hall–Kier alpha value is -0.540. The van der Waals surface area contributed by atoms with E-state index in [0.717, 1.165) is 54.8 Å². The molecule has 0 aromatic rings. The van der Waals surface area contributed by atoms with Gasteiger partial charge in [-0.2, -0.15) is 0 Å². The van der Waals surface area contributed by atoms with Crippen LogP contribution in [0.4, 0.5) is 0 Å². The number of hydrogen-bond acceptors (Lipinski definition) is 7. The third kappa shape index (κ3) is 35.4. The molecule has 0 fully saturated rings. The van der Waals surface area contributed by atoms with Crippen LogP contribution in [-0.2, 0) is 27.9 Å². The maximum atomic E-state index is 12.4. The minimum atomic E-state index is -4.51. The standard InChI is InChI=1S/C46H94NO8P/c1-36(2)17-11-19-38(5)21-13-23-40(7)25-15-27-42(9)29-31-52-33-44(34-54-56(50,51)55-35-45(47)46(48)49)53-32-30-43(10)28-16-26-41(8)24-14-22-39(6)20-12-18-37(3)4/h36-45H,11-35,47H2,1-10H3,(H,48,49)(H,50,51)/t38-,39-,40-,41-,42-,43-,44-,45-/m1/s1. The largest absolute Gasteiger partial charge is 0.480 e. The quantitative estimate of drug-likeness (QED) is 0.0407. The number of nitrogens with two attached hydrogens (primary N) is 1. The van der Waals surface area contributed by atoms with E-state index in [1.54, 1.807) is 0 Å². The van der Waals surface area contributed by atoms with E-state index in [9.17, 15) is 14.3 Å². The minimum absolute atomic E-state index is 0.206. The zero-order valence-electron chi connectivity index (χ0n) is 38.3.